The SMILES string of the molecule is CCN(CC(C)C)S(=O)(=O)c1cc(CO)sc1Br. The Labute approximate surface area is 121 Å². The van der Waals surface area contributed by atoms with Gasteiger partial charge in [0.2, 0.25) is 10.0 Å². The van der Waals surface area contributed by atoms with Crippen LogP contribution in [0.5, 0.6) is 0 Å². The average molecular weight is 356 g/mol. The summed E-state index contributed by atoms with van der Waals surface area (Å²) >= 11 is 4.51. The second-order valence-corrected chi connectivity index (χ2v) is 8.72. The van der Waals surface area contributed by atoms with Crippen molar-refractivity contribution in [1.82, 2.24) is 4.31 Å². The summed E-state index contributed by atoms with van der Waals surface area (Å²) in [6.45, 7) is 6.59. The third-order valence-electron chi connectivity index (χ3n) is 2.40. The summed E-state index contributed by atoms with van der Waals surface area (Å²) in [5.41, 5.74) is 0. The minimum Gasteiger partial charge on any atom is -0.391 e. The van der Waals surface area contributed by atoms with E-state index in [1.807, 2.05) is 20.8 Å². The zero-order valence-electron chi connectivity index (χ0n) is 10.7. The Hall–Kier alpha value is 0.0500. The first-order valence-electron chi connectivity index (χ1n) is 5.72. The number of hydrogen-bond acceptors (Lipinski definition) is 4. The molecular weight excluding hydrogens is 338 g/mol. The highest BCUT2D eigenvalue weighted by Crippen LogP contribution is 2.33. The van der Waals surface area contributed by atoms with Crippen LogP contribution in [0.1, 0.15) is 25.6 Å². The molecule has 0 atom stereocenters. The number of aliphatic hydroxyl groups is 1. The first-order valence-corrected chi connectivity index (χ1v) is 8.77. The predicted molar refractivity (Wildman–Crippen MR) is 77.2 cm³/mol. The van der Waals surface area contributed by atoms with Crippen molar-refractivity contribution in [2.45, 2.75) is 32.3 Å². The van der Waals surface area contributed by atoms with E-state index >= 15 is 0 Å². The largest absolute Gasteiger partial charge is 0.391 e. The Bertz CT molecular complexity index is 496. The number of rotatable bonds is 6. The molecule has 1 N–H and O–H groups in total. The molecule has 1 aromatic rings. The van der Waals surface area contributed by atoms with E-state index in [1.54, 1.807) is 0 Å². The van der Waals surface area contributed by atoms with Crippen molar-refractivity contribution in [1.29, 1.82) is 0 Å². The van der Waals surface area contributed by atoms with Gasteiger partial charge in [0.05, 0.1) is 10.4 Å². The first-order chi connectivity index (χ1) is 8.32. The molecule has 7 heteroatoms. The van der Waals surface area contributed by atoms with E-state index in [-0.39, 0.29) is 17.4 Å². The van der Waals surface area contributed by atoms with Gasteiger partial charge in [0.25, 0.3) is 0 Å². The van der Waals surface area contributed by atoms with Crippen molar-refractivity contribution >= 4 is 37.3 Å². The Morgan fingerprint density at radius 3 is 2.50 bits per heavy atom. The van der Waals surface area contributed by atoms with Gasteiger partial charge >= 0.3 is 0 Å². The lowest BCUT2D eigenvalue weighted by Gasteiger charge is -2.21. The Morgan fingerprint density at radius 1 is 1.50 bits per heavy atom. The van der Waals surface area contributed by atoms with E-state index in [2.05, 4.69) is 15.9 Å². The van der Waals surface area contributed by atoms with Crippen LogP contribution in [0, 0.1) is 5.92 Å². The molecule has 0 radical (unpaired) electrons. The molecule has 4 nitrogen and oxygen atoms in total. The van der Waals surface area contributed by atoms with Crippen LogP contribution in [-0.2, 0) is 16.6 Å². The number of halogens is 1. The number of sulfonamides is 1. The summed E-state index contributed by atoms with van der Waals surface area (Å²) in [5, 5.41) is 9.06. The van der Waals surface area contributed by atoms with E-state index < -0.39 is 10.0 Å². The van der Waals surface area contributed by atoms with Crippen molar-refractivity contribution in [3.05, 3.63) is 14.7 Å². The van der Waals surface area contributed by atoms with Gasteiger partial charge in [-0.15, -0.1) is 11.3 Å². The zero-order valence-corrected chi connectivity index (χ0v) is 13.9. The molecule has 0 aliphatic carbocycles. The molecule has 0 saturated carbocycles. The van der Waals surface area contributed by atoms with Gasteiger partial charge in [-0.3, -0.25) is 0 Å². The molecule has 0 amide bonds. The summed E-state index contributed by atoms with van der Waals surface area (Å²) in [4.78, 5) is 0.889. The fraction of sp³-hybridized carbons (Fsp3) is 0.636. The molecule has 0 unspecified atom stereocenters. The Morgan fingerprint density at radius 2 is 2.11 bits per heavy atom. The topological polar surface area (TPSA) is 57.6 Å². The highest BCUT2D eigenvalue weighted by atomic mass is 79.9. The van der Waals surface area contributed by atoms with Crippen molar-refractivity contribution in [3.8, 4) is 0 Å². The summed E-state index contributed by atoms with van der Waals surface area (Å²) in [6, 6.07) is 1.53. The fourth-order valence-corrected chi connectivity index (χ4v) is 5.70. The normalized spacial score (nSPS) is 12.6. The van der Waals surface area contributed by atoms with Gasteiger partial charge in [-0.1, -0.05) is 20.8 Å². The van der Waals surface area contributed by atoms with Crippen LogP contribution in [0.25, 0.3) is 0 Å². The predicted octanol–water partition coefficient (Wildman–Crippen LogP) is 2.67. The lowest BCUT2D eigenvalue weighted by molar-refractivity contribution is 0.285. The Balaban J connectivity index is 3.14. The molecule has 104 valence electrons. The van der Waals surface area contributed by atoms with Gasteiger partial charge in [0.15, 0.2) is 0 Å². The van der Waals surface area contributed by atoms with Gasteiger partial charge in [-0.25, -0.2) is 8.42 Å². The standard InChI is InChI=1S/C11H18BrNO3S2/c1-4-13(6-8(2)3)18(15,16)10-5-9(7-14)17-11(10)12/h5,8,14H,4,6-7H2,1-3H3. The third kappa shape index (κ3) is 3.54. The molecule has 0 aliphatic rings. The molecule has 0 spiro atoms. The summed E-state index contributed by atoms with van der Waals surface area (Å²) in [7, 11) is -3.48. The van der Waals surface area contributed by atoms with Gasteiger partial charge in [0, 0.05) is 18.0 Å². The smallest absolute Gasteiger partial charge is 0.245 e. The summed E-state index contributed by atoms with van der Waals surface area (Å²) in [5.74, 6) is 0.273. The lowest BCUT2D eigenvalue weighted by atomic mass is 10.2. The monoisotopic (exact) mass is 355 g/mol. The maximum Gasteiger partial charge on any atom is 0.245 e. The minimum absolute atomic E-state index is 0.144. The molecule has 1 heterocycles. The van der Waals surface area contributed by atoms with Crippen LogP contribution in [0.4, 0.5) is 0 Å². The fourth-order valence-electron chi connectivity index (χ4n) is 1.60. The maximum atomic E-state index is 12.5. The van der Waals surface area contributed by atoms with E-state index in [0.717, 1.165) is 0 Å². The zero-order chi connectivity index (χ0) is 13.9. The van der Waals surface area contributed by atoms with E-state index in [4.69, 9.17) is 5.11 Å². The molecule has 0 fully saturated rings. The Kier molecular flexibility index (Phi) is 5.79. The van der Waals surface area contributed by atoms with Crippen molar-refractivity contribution in [2.75, 3.05) is 13.1 Å². The van der Waals surface area contributed by atoms with E-state index in [0.29, 0.717) is 21.8 Å². The lowest BCUT2D eigenvalue weighted by Crippen LogP contribution is -2.34. The number of aliphatic hydroxyl groups excluding tert-OH is 1. The highest BCUT2D eigenvalue weighted by Gasteiger charge is 2.27. The van der Waals surface area contributed by atoms with Gasteiger partial charge in [-0.05, 0) is 27.9 Å². The van der Waals surface area contributed by atoms with Crippen molar-refractivity contribution < 1.29 is 13.5 Å². The number of thiophene rings is 1. The second-order valence-electron chi connectivity index (χ2n) is 4.36. The molecule has 18 heavy (non-hydrogen) atoms. The maximum absolute atomic E-state index is 12.5. The summed E-state index contributed by atoms with van der Waals surface area (Å²) < 4.78 is 27.0. The van der Waals surface area contributed by atoms with Crippen LogP contribution >= 0.6 is 27.3 Å². The molecular formula is C11H18BrNO3S2. The quantitative estimate of drug-likeness (QED) is 0.853. The molecule has 1 rings (SSSR count). The molecule has 1 aromatic heterocycles. The average Bonchev–Trinajstić information content (AvgIpc) is 2.67. The van der Waals surface area contributed by atoms with Crippen LogP contribution < -0.4 is 0 Å². The molecule has 0 aliphatic heterocycles. The van der Waals surface area contributed by atoms with Gasteiger partial charge < -0.3 is 5.11 Å². The number of nitrogens with zero attached hydrogens (tertiary/aromatic N) is 1. The highest BCUT2D eigenvalue weighted by molar-refractivity contribution is 9.11. The molecule has 0 bridgehead atoms. The van der Waals surface area contributed by atoms with Crippen molar-refractivity contribution in [2.24, 2.45) is 5.92 Å². The molecule has 0 saturated heterocycles. The van der Waals surface area contributed by atoms with Gasteiger partial charge in [-0.2, -0.15) is 4.31 Å². The second kappa shape index (κ2) is 6.47. The summed E-state index contributed by atoms with van der Waals surface area (Å²) in [6.07, 6.45) is 0. The minimum atomic E-state index is -3.48. The van der Waals surface area contributed by atoms with Crippen LogP contribution in [0.15, 0.2) is 14.7 Å². The van der Waals surface area contributed by atoms with E-state index in [9.17, 15) is 8.42 Å². The first kappa shape index (κ1) is 16.1. The van der Waals surface area contributed by atoms with Crippen molar-refractivity contribution in [3.63, 3.8) is 0 Å². The third-order valence-corrected chi connectivity index (χ3v) is 6.58. The molecule has 0 aromatic carbocycles. The van der Waals surface area contributed by atoms with E-state index in [1.165, 1.54) is 21.7 Å². The van der Waals surface area contributed by atoms with Crippen LogP contribution in [-0.4, -0.2) is 30.9 Å². The van der Waals surface area contributed by atoms with Gasteiger partial charge in [0.1, 0.15) is 4.90 Å². The van der Waals surface area contributed by atoms with Crippen LogP contribution in [0.3, 0.4) is 0 Å². The van der Waals surface area contributed by atoms with Crippen LogP contribution in [0.2, 0.25) is 0 Å². The number of hydrogen-bond donors (Lipinski definition) is 1.